The van der Waals surface area contributed by atoms with Crippen molar-refractivity contribution >= 4 is 10.0 Å². The maximum atomic E-state index is 12.9. The average molecular weight is 385 g/mol. The van der Waals surface area contributed by atoms with Crippen molar-refractivity contribution in [3.8, 4) is 0 Å². The molecule has 27 heavy (non-hydrogen) atoms. The molecule has 1 atom stereocenters. The molecule has 1 unspecified atom stereocenters. The zero-order valence-corrected chi connectivity index (χ0v) is 16.5. The van der Waals surface area contributed by atoms with Crippen molar-refractivity contribution in [3.63, 3.8) is 0 Å². The van der Waals surface area contributed by atoms with Crippen molar-refractivity contribution in [2.45, 2.75) is 43.7 Å². The minimum absolute atomic E-state index is 0.0337. The van der Waals surface area contributed by atoms with Crippen LogP contribution >= 0.6 is 0 Å². The summed E-state index contributed by atoms with van der Waals surface area (Å²) in [6.07, 6.45) is 3.14. The van der Waals surface area contributed by atoms with E-state index in [9.17, 15) is 8.42 Å². The van der Waals surface area contributed by atoms with E-state index >= 15 is 0 Å². The van der Waals surface area contributed by atoms with Gasteiger partial charge in [-0.15, -0.1) is 0 Å². The normalized spacial score (nSPS) is 13.4. The largest absolute Gasteiger partial charge is 0.241 e. The molecule has 0 fully saturated rings. The van der Waals surface area contributed by atoms with Crippen molar-refractivity contribution in [2.24, 2.45) is 0 Å². The zero-order chi connectivity index (χ0) is 19.5. The van der Waals surface area contributed by atoms with Crippen LogP contribution < -0.4 is 4.72 Å². The monoisotopic (exact) mass is 384 g/mol. The molecule has 0 amide bonds. The summed E-state index contributed by atoms with van der Waals surface area (Å²) in [4.78, 5) is 1.72. The lowest BCUT2D eigenvalue weighted by Crippen LogP contribution is -2.32. The first kappa shape index (κ1) is 19.3. The summed E-state index contributed by atoms with van der Waals surface area (Å²) in [5.41, 5.74) is 1.90. The highest BCUT2D eigenvalue weighted by atomic mass is 32.2. The molecule has 1 N–H and O–H groups in total. The number of aromatic nitrogens is 3. The predicted molar refractivity (Wildman–Crippen MR) is 105 cm³/mol. The first-order chi connectivity index (χ1) is 12.8. The molecule has 3 rings (SSSR count). The lowest BCUT2D eigenvalue weighted by Gasteiger charge is -2.21. The van der Waals surface area contributed by atoms with Gasteiger partial charge in [0.15, 0.2) is 0 Å². The highest BCUT2D eigenvalue weighted by Crippen LogP contribution is 2.24. The molecule has 0 spiro atoms. The SMILES string of the molecule is CC(C)(C)c1ccc(S(=O)(=O)NC(Cn2nccn2)c2ccccc2)cc1. The second kappa shape index (κ2) is 7.62. The van der Waals surface area contributed by atoms with Crippen LogP contribution in [0.25, 0.3) is 0 Å². The number of nitrogens with zero attached hydrogens (tertiary/aromatic N) is 3. The van der Waals surface area contributed by atoms with Gasteiger partial charge >= 0.3 is 0 Å². The van der Waals surface area contributed by atoms with Gasteiger partial charge in [0, 0.05) is 0 Å². The highest BCUT2D eigenvalue weighted by Gasteiger charge is 2.23. The quantitative estimate of drug-likeness (QED) is 0.707. The third kappa shape index (κ3) is 4.81. The molecule has 0 aliphatic rings. The first-order valence-electron chi connectivity index (χ1n) is 8.78. The van der Waals surface area contributed by atoms with Crippen molar-refractivity contribution in [1.29, 1.82) is 0 Å². The van der Waals surface area contributed by atoms with Gasteiger partial charge in [-0.3, -0.25) is 0 Å². The second-order valence-corrected chi connectivity index (χ2v) is 9.16. The van der Waals surface area contributed by atoms with E-state index in [1.807, 2.05) is 42.5 Å². The van der Waals surface area contributed by atoms with Gasteiger partial charge in [0.1, 0.15) is 0 Å². The fourth-order valence-corrected chi connectivity index (χ4v) is 4.00. The highest BCUT2D eigenvalue weighted by molar-refractivity contribution is 7.89. The molecule has 7 heteroatoms. The molecule has 0 bridgehead atoms. The first-order valence-corrected chi connectivity index (χ1v) is 10.3. The molecule has 0 aliphatic carbocycles. The Hall–Kier alpha value is -2.51. The molecule has 2 aromatic carbocycles. The zero-order valence-electron chi connectivity index (χ0n) is 15.7. The van der Waals surface area contributed by atoms with Gasteiger partial charge in [-0.1, -0.05) is 63.2 Å². The maximum Gasteiger partial charge on any atom is 0.241 e. The predicted octanol–water partition coefficient (Wildman–Crippen LogP) is 3.30. The van der Waals surface area contributed by atoms with Crippen molar-refractivity contribution in [2.75, 3.05) is 0 Å². The number of hydrogen-bond acceptors (Lipinski definition) is 4. The summed E-state index contributed by atoms with van der Waals surface area (Å²) in [6, 6.07) is 16.0. The molecule has 142 valence electrons. The summed E-state index contributed by atoms with van der Waals surface area (Å²) >= 11 is 0. The number of sulfonamides is 1. The van der Waals surface area contributed by atoms with E-state index in [1.165, 1.54) is 4.80 Å². The number of nitrogens with one attached hydrogen (secondary N) is 1. The van der Waals surface area contributed by atoms with Gasteiger partial charge in [-0.2, -0.15) is 15.0 Å². The summed E-state index contributed by atoms with van der Waals surface area (Å²) in [7, 11) is -3.69. The standard InChI is InChI=1S/C20H24N4O2S/c1-20(2,3)17-9-11-18(12-10-17)27(25,26)23-19(15-24-21-13-14-22-24)16-7-5-4-6-8-16/h4-14,19,23H,15H2,1-3H3. The molecule has 3 aromatic rings. The van der Waals surface area contributed by atoms with E-state index in [4.69, 9.17) is 0 Å². The van der Waals surface area contributed by atoms with Crippen LogP contribution in [0.15, 0.2) is 71.9 Å². The summed E-state index contributed by atoms with van der Waals surface area (Å²) in [5.74, 6) is 0. The van der Waals surface area contributed by atoms with Gasteiger partial charge < -0.3 is 0 Å². The van der Waals surface area contributed by atoms with Crippen LogP contribution in [0, 0.1) is 0 Å². The average Bonchev–Trinajstić information content (AvgIpc) is 3.14. The summed E-state index contributed by atoms with van der Waals surface area (Å²) in [6.45, 7) is 6.59. The Morgan fingerprint density at radius 3 is 2.11 bits per heavy atom. The Morgan fingerprint density at radius 2 is 1.56 bits per heavy atom. The third-order valence-corrected chi connectivity index (χ3v) is 5.83. The number of hydrogen-bond donors (Lipinski definition) is 1. The lowest BCUT2D eigenvalue weighted by molar-refractivity contribution is 0.444. The van der Waals surface area contributed by atoms with Gasteiger partial charge in [-0.05, 0) is 28.7 Å². The van der Waals surface area contributed by atoms with Gasteiger partial charge in [0.25, 0.3) is 0 Å². The Labute approximate surface area is 160 Å². The van der Waals surface area contributed by atoms with Gasteiger partial charge in [-0.25, -0.2) is 13.1 Å². The van der Waals surface area contributed by atoms with E-state index in [1.54, 1.807) is 24.5 Å². The van der Waals surface area contributed by atoms with Crippen molar-refractivity contribution in [1.82, 2.24) is 19.7 Å². The van der Waals surface area contributed by atoms with Crippen molar-refractivity contribution in [3.05, 3.63) is 78.1 Å². The lowest BCUT2D eigenvalue weighted by atomic mass is 9.87. The van der Waals surface area contributed by atoms with E-state index < -0.39 is 16.1 Å². The second-order valence-electron chi connectivity index (χ2n) is 7.44. The summed E-state index contributed by atoms with van der Waals surface area (Å²) < 4.78 is 28.7. The van der Waals surface area contributed by atoms with E-state index in [0.717, 1.165) is 11.1 Å². The van der Waals surface area contributed by atoms with Crippen LogP contribution in [0.2, 0.25) is 0 Å². The Kier molecular flexibility index (Phi) is 5.43. The number of rotatable bonds is 6. The number of benzene rings is 2. The molecule has 6 nitrogen and oxygen atoms in total. The molecule has 0 saturated carbocycles. The van der Waals surface area contributed by atoms with E-state index in [2.05, 4.69) is 35.7 Å². The van der Waals surface area contributed by atoms with Crippen LogP contribution in [0.5, 0.6) is 0 Å². The summed E-state index contributed by atoms with van der Waals surface area (Å²) in [5, 5.41) is 8.19. The van der Waals surface area contributed by atoms with Crippen LogP contribution in [-0.2, 0) is 22.0 Å². The Bertz CT molecular complexity index is 961. The molecular weight excluding hydrogens is 360 g/mol. The van der Waals surface area contributed by atoms with Crippen molar-refractivity contribution < 1.29 is 8.42 Å². The molecular formula is C20H24N4O2S. The molecule has 0 aliphatic heterocycles. The molecule has 1 aromatic heterocycles. The minimum atomic E-state index is -3.69. The topological polar surface area (TPSA) is 76.9 Å². The van der Waals surface area contributed by atoms with Crippen LogP contribution in [-0.4, -0.2) is 23.4 Å². The van der Waals surface area contributed by atoms with Crippen LogP contribution in [0.4, 0.5) is 0 Å². The molecule has 0 radical (unpaired) electrons. The fraction of sp³-hybridized carbons (Fsp3) is 0.300. The van der Waals surface area contributed by atoms with E-state index in [0.29, 0.717) is 6.54 Å². The Balaban J connectivity index is 1.87. The van der Waals surface area contributed by atoms with E-state index in [-0.39, 0.29) is 10.3 Å². The molecule has 1 heterocycles. The van der Waals surface area contributed by atoms with Crippen LogP contribution in [0.3, 0.4) is 0 Å². The smallest absolute Gasteiger partial charge is 0.207 e. The third-order valence-electron chi connectivity index (χ3n) is 4.34. The Morgan fingerprint density at radius 1 is 0.963 bits per heavy atom. The van der Waals surface area contributed by atoms with Crippen LogP contribution in [0.1, 0.15) is 37.9 Å². The molecule has 0 saturated heterocycles. The maximum absolute atomic E-state index is 12.9. The fourth-order valence-electron chi connectivity index (χ4n) is 2.79. The minimum Gasteiger partial charge on any atom is -0.207 e. The van der Waals surface area contributed by atoms with Gasteiger partial charge in [0.2, 0.25) is 10.0 Å². The van der Waals surface area contributed by atoms with Gasteiger partial charge in [0.05, 0.1) is 29.9 Å².